The average Bonchev–Trinajstić information content (AvgIpc) is 3.71. The van der Waals surface area contributed by atoms with Crippen molar-refractivity contribution in [3.05, 3.63) is 78.0 Å². The molecule has 1 fully saturated rings. The number of ketones is 1. The highest BCUT2D eigenvalue weighted by Gasteiger charge is 2.40. The van der Waals surface area contributed by atoms with Gasteiger partial charge in [0.05, 0.1) is 29.6 Å². The number of carbonyl (C=O) groups excluding carboxylic acids is 3. The molecule has 0 radical (unpaired) electrons. The minimum absolute atomic E-state index is 0.142. The van der Waals surface area contributed by atoms with Crippen LogP contribution < -0.4 is 10.6 Å². The number of nitrogens with one attached hydrogen (secondary N) is 2. The molecule has 2 amide bonds. The number of halogens is 2. The van der Waals surface area contributed by atoms with Crippen molar-refractivity contribution in [3.8, 4) is 11.4 Å². The highest BCUT2D eigenvalue weighted by molar-refractivity contribution is 7.10. The lowest BCUT2D eigenvalue weighted by Gasteiger charge is -2.23. The Kier molecular flexibility index (Phi) is 7.82. The Morgan fingerprint density at radius 3 is 2.67 bits per heavy atom. The lowest BCUT2D eigenvalue weighted by molar-refractivity contribution is -0.137. The fraction of sp³-hybridized carbons (Fsp3) is 0.207. The standard InChI is InChI=1S/C29H24ClFN8O3S/c1-16(40)22-13-38(24-7-6-18(9-21(22)24)34-19-10-32-15-33-11-19)14-26(41)39-12-17(31)8-25(39)28(42)36-29-35-27(37-43-29)20-4-2-3-5-23(20)30/h2-7,9-11,13,15,17,25,34H,8,12,14H2,1H3,(H,35,36,37,42). The zero-order valence-corrected chi connectivity index (χ0v) is 24.3. The predicted molar refractivity (Wildman–Crippen MR) is 161 cm³/mol. The minimum atomic E-state index is -1.36. The highest BCUT2D eigenvalue weighted by Crippen LogP contribution is 2.30. The molecule has 2 unspecified atom stereocenters. The van der Waals surface area contributed by atoms with Crippen molar-refractivity contribution >= 4 is 68.1 Å². The van der Waals surface area contributed by atoms with E-state index >= 15 is 0 Å². The van der Waals surface area contributed by atoms with Gasteiger partial charge in [-0.05, 0) is 37.3 Å². The third-order valence-electron chi connectivity index (χ3n) is 7.06. The maximum absolute atomic E-state index is 14.6. The zero-order valence-electron chi connectivity index (χ0n) is 22.7. The highest BCUT2D eigenvalue weighted by atomic mass is 35.5. The fourth-order valence-electron chi connectivity index (χ4n) is 5.08. The van der Waals surface area contributed by atoms with E-state index in [0.29, 0.717) is 44.3 Å². The number of alkyl halides is 1. The fourth-order valence-corrected chi connectivity index (χ4v) is 5.88. The second-order valence-corrected chi connectivity index (χ2v) is 11.2. The first kappa shape index (κ1) is 28.4. The number of rotatable bonds is 8. The molecule has 3 aromatic heterocycles. The van der Waals surface area contributed by atoms with E-state index in [0.717, 1.165) is 11.5 Å². The van der Waals surface area contributed by atoms with Gasteiger partial charge in [0.15, 0.2) is 11.6 Å². The summed E-state index contributed by atoms with van der Waals surface area (Å²) in [5.74, 6) is -0.834. The van der Waals surface area contributed by atoms with Crippen LogP contribution >= 0.6 is 23.1 Å². The van der Waals surface area contributed by atoms with Gasteiger partial charge in [-0.1, -0.05) is 23.7 Å². The number of anilines is 3. The van der Waals surface area contributed by atoms with Crippen LogP contribution in [0.3, 0.4) is 0 Å². The van der Waals surface area contributed by atoms with Crippen LogP contribution in [0.2, 0.25) is 5.02 Å². The molecule has 0 saturated carbocycles. The molecular weight excluding hydrogens is 595 g/mol. The summed E-state index contributed by atoms with van der Waals surface area (Å²) in [7, 11) is 0. The molecule has 4 heterocycles. The number of benzene rings is 2. The number of nitrogens with zero attached hydrogens (tertiary/aromatic N) is 6. The van der Waals surface area contributed by atoms with Crippen molar-refractivity contribution < 1.29 is 18.8 Å². The van der Waals surface area contributed by atoms with Crippen LogP contribution in [0.4, 0.5) is 20.9 Å². The minimum Gasteiger partial charge on any atom is -0.353 e. The smallest absolute Gasteiger partial charge is 0.249 e. The van der Waals surface area contributed by atoms with Gasteiger partial charge in [-0.3, -0.25) is 19.7 Å². The molecule has 1 saturated heterocycles. The van der Waals surface area contributed by atoms with E-state index < -0.39 is 24.0 Å². The second-order valence-electron chi connectivity index (χ2n) is 10.00. The maximum atomic E-state index is 14.6. The van der Waals surface area contributed by atoms with E-state index in [1.165, 1.54) is 18.2 Å². The summed E-state index contributed by atoms with van der Waals surface area (Å²) < 4.78 is 20.5. The normalized spacial score (nSPS) is 16.4. The molecular formula is C29H24ClFN8O3S. The largest absolute Gasteiger partial charge is 0.353 e. The van der Waals surface area contributed by atoms with Crippen molar-refractivity contribution in [3.63, 3.8) is 0 Å². The number of likely N-dealkylation sites (tertiary alicyclic amines) is 1. The summed E-state index contributed by atoms with van der Waals surface area (Å²) in [6, 6.07) is 11.4. The molecule has 218 valence electrons. The Hall–Kier alpha value is -4.75. The van der Waals surface area contributed by atoms with Gasteiger partial charge in [0.2, 0.25) is 16.9 Å². The van der Waals surface area contributed by atoms with Crippen molar-refractivity contribution in [1.82, 2.24) is 28.8 Å². The molecule has 2 aromatic carbocycles. The Balaban J connectivity index is 1.20. The number of fused-ring (bicyclic) bond motifs is 1. The summed E-state index contributed by atoms with van der Waals surface area (Å²) in [4.78, 5) is 52.7. The number of amides is 2. The molecule has 0 aliphatic carbocycles. The second kappa shape index (κ2) is 11.9. The Morgan fingerprint density at radius 2 is 1.91 bits per heavy atom. The molecule has 14 heteroatoms. The van der Waals surface area contributed by atoms with Gasteiger partial charge in [-0.25, -0.2) is 14.4 Å². The van der Waals surface area contributed by atoms with E-state index in [1.807, 2.05) is 12.1 Å². The molecule has 11 nitrogen and oxygen atoms in total. The molecule has 2 atom stereocenters. The Morgan fingerprint density at radius 1 is 1.12 bits per heavy atom. The van der Waals surface area contributed by atoms with E-state index in [9.17, 15) is 18.8 Å². The van der Waals surface area contributed by atoms with Gasteiger partial charge in [0.1, 0.15) is 25.1 Å². The van der Waals surface area contributed by atoms with Crippen LogP contribution in [0.25, 0.3) is 22.3 Å². The average molecular weight is 619 g/mol. The molecule has 43 heavy (non-hydrogen) atoms. The number of aromatic nitrogens is 5. The third kappa shape index (κ3) is 5.94. The summed E-state index contributed by atoms with van der Waals surface area (Å²) >= 11 is 7.20. The van der Waals surface area contributed by atoms with Crippen LogP contribution in [0.15, 0.2) is 67.4 Å². The molecule has 1 aliphatic heterocycles. The summed E-state index contributed by atoms with van der Waals surface area (Å²) in [5, 5.41) is 7.19. The summed E-state index contributed by atoms with van der Waals surface area (Å²) in [6.07, 6.45) is 4.77. The van der Waals surface area contributed by atoms with E-state index in [1.54, 1.807) is 53.5 Å². The third-order valence-corrected chi connectivity index (χ3v) is 8.02. The molecule has 6 rings (SSSR count). The Labute approximate surface area is 253 Å². The first-order chi connectivity index (χ1) is 20.8. The monoisotopic (exact) mass is 618 g/mol. The van der Waals surface area contributed by atoms with Crippen LogP contribution in [0, 0.1) is 0 Å². The number of hydrogen-bond acceptors (Lipinski definition) is 9. The van der Waals surface area contributed by atoms with Crippen LogP contribution in [-0.4, -0.2) is 65.1 Å². The van der Waals surface area contributed by atoms with Gasteiger partial charge in [0, 0.05) is 51.9 Å². The zero-order chi connectivity index (χ0) is 30.1. The van der Waals surface area contributed by atoms with Crippen molar-refractivity contribution in [2.45, 2.75) is 32.1 Å². The van der Waals surface area contributed by atoms with Crippen molar-refractivity contribution in [2.24, 2.45) is 0 Å². The van der Waals surface area contributed by atoms with Crippen LogP contribution in [0.5, 0.6) is 0 Å². The molecule has 2 N–H and O–H groups in total. The first-order valence-corrected chi connectivity index (χ1v) is 14.4. The molecule has 0 bridgehead atoms. The van der Waals surface area contributed by atoms with Gasteiger partial charge in [-0.15, -0.1) is 0 Å². The van der Waals surface area contributed by atoms with Gasteiger partial charge in [0.25, 0.3) is 0 Å². The SMILES string of the molecule is CC(=O)c1cn(CC(=O)N2CC(F)CC2C(=O)Nc2nc(-c3ccccc3Cl)ns2)c2ccc(Nc3cncnc3)cc12. The molecule has 5 aromatic rings. The van der Waals surface area contributed by atoms with E-state index in [4.69, 9.17) is 11.6 Å². The summed E-state index contributed by atoms with van der Waals surface area (Å²) in [6.45, 7) is 1.05. The van der Waals surface area contributed by atoms with Crippen LogP contribution in [0.1, 0.15) is 23.7 Å². The summed E-state index contributed by atoms with van der Waals surface area (Å²) in [5.41, 5.74) is 3.07. The molecule has 1 aliphatic rings. The topological polar surface area (TPSA) is 135 Å². The quantitative estimate of drug-likeness (QED) is 0.229. The molecule has 0 spiro atoms. The van der Waals surface area contributed by atoms with Crippen LogP contribution in [-0.2, 0) is 16.1 Å². The predicted octanol–water partition coefficient (Wildman–Crippen LogP) is 5.13. The van der Waals surface area contributed by atoms with Gasteiger partial charge >= 0.3 is 0 Å². The van der Waals surface area contributed by atoms with E-state index in [2.05, 4.69) is 30.0 Å². The number of carbonyl (C=O) groups is 3. The maximum Gasteiger partial charge on any atom is 0.249 e. The van der Waals surface area contributed by atoms with Crippen molar-refractivity contribution in [2.75, 3.05) is 17.2 Å². The Bertz CT molecular complexity index is 1850. The first-order valence-electron chi connectivity index (χ1n) is 13.3. The number of Topliss-reactive ketones (excluding diaryl/α,β-unsaturated/α-hetero) is 1. The lowest BCUT2D eigenvalue weighted by Crippen LogP contribution is -2.44. The van der Waals surface area contributed by atoms with Crippen molar-refractivity contribution in [1.29, 1.82) is 0 Å². The van der Waals surface area contributed by atoms with E-state index in [-0.39, 0.29) is 30.4 Å². The number of hydrogen-bond donors (Lipinski definition) is 2. The van der Waals surface area contributed by atoms with Gasteiger partial charge in [-0.2, -0.15) is 9.36 Å². The van der Waals surface area contributed by atoms with Gasteiger partial charge < -0.3 is 14.8 Å². The lowest BCUT2D eigenvalue weighted by atomic mass is 10.1.